The second-order valence-electron chi connectivity index (χ2n) is 6.51. The van der Waals surface area contributed by atoms with Gasteiger partial charge in [-0.15, -0.1) is 0 Å². The molecular weight excluding hydrogens is 380 g/mol. The lowest BCUT2D eigenvalue weighted by molar-refractivity contribution is -0.116. The maximum atomic E-state index is 12.5. The van der Waals surface area contributed by atoms with Gasteiger partial charge >= 0.3 is 0 Å². The number of amides is 2. The van der Waals surface area contributed by atoms with Gasteiger partial charge in [0.25, 0.3) is 5.91 Å². The van der Waals surface area contributed by atoms with Crippen LogP contribution in [-0.4, -0.2) is 25.0 Å². The Bertz CT molecular complexity index is 852. The van der Waals surface area contributed by atoms with Crippen molar-refractivity contribution in [1.82, 2.24) is 5.32 Å². The Balaban J connectivity index is 1.60. The molecule has 2 aromatic rings. The highest BCUT2D eigenvalue weighted by molar-refractivity contribution is 6.32. The molecule has 1 aliphatic heterocycles. The largest absolute Gasteiger partial charge is 0.489 e. The summed E-state index contributed by atoms with van der Waals surface area (Å²) >= 11 is 6.24. The summed E-state index contributed by atoms with van der Waals surface area (Å²) in [7, 11) is 0. The number of halogens is 1. The summed E-state index contributed by atoms with van der Waals surface area (Å²) in [5, 5.41) is 6.06. The molecule has 0 unspecified atom stereocenters. The molecule has 1 aliphatic rings. The van der Waals surface area contributed by atoms with Crippen molar-refractivity contribution in [3.63, 3.8) is 0 Å². The minimum Gasteiger partial charge on any atom is -0.489 e. The molecule has 0 saturated carbocycles. The number of hydrogen-bond donors (Lipinski definition) is 2. The number of carbonyl (C=O) groups excluding carboxylic acids is 2. The predicted molar refractivity (Wildman–Crippen MR) is 108 cm³/mol. The molecule has 2 N–H and O–H groups in total. The van der Waals surface area contributed by atoms with Crippen LogP contribution in [0.4, 0.5) is 5.69 Å². The van der Waals surface area contributed by atoms with Crippen molar-refractivity contribution in [2.75, 3.05) is 18.5 Å². The molecule has 148 valence electrons. The second-order valence-corrected chi connectivity index (χ2v) is 6.92. The number of fused-ring (bicyclic) bond motifs is 1. The number of hydrogen-bond acceptors (Lipinski definition) is 4. The van der Waals surface area contributed by atoms with Crippen molar-refractivity contribution in [2.45, 2.75) is 32.7 Å². The molecule has 2 aromatic carbocycles. The van der Waals surface area contributed by atoms with Crippen LogP contribution in [0.2, 0.25) is 5.02 Å². The molecule has 0 radical (unpaired) electrons. The highest BCUT2D eigenvalue weighted by Gasteiger charge is 2.18. The van der Waals surface area contributed by atoms with Gasteiger partial charge in [0.2, 0.25) is 5.91 Å². The fourth-order valence-electron chi connectivity index (χ4n) is 2.80. The van der Waals surface area contributed by atoms with E-state index in [1.165, 1.54) is 0 Å². The van der Waals surface area contributed by atoms with Crippen molar-refractivity contribution in [3.05, 3.63) is 52.5 Å². The lowest BCUT2D eigenvalue weighted by atomic mass is 10.1. The van der Waals surface area contributed by atoms with E-state index < -0.39 is 0 Å². The molecule has 0 aliphatic carbocycles. The van der Waals surface area contributed by atoms with Crippen molar-refractivity contribution in [2.24, 2.45) is 0 Å². The molecule has 3 rings (SSSR count). The average Bonchev–Trinajstić information content (AvgIpc) is 2.93. The van der Waals surface area contributed by atoms with Crippen LogP contribution in [0.25, 0.3) is 0 Å². The molecule has 7 heteroatoms. The number of anilines is 1. The Morgan fingerprint density at radius 3 is 2.61 bits per heavy atom. The minimum atomic E-state index is -0.252. The van der Waals surface area contributed by atoms with E-state index in [0.29, 0.717) is 48.3 Å². The van der Waals surface area contributed by atoms with Crippen LogP contribution in [0.3, 0.4) is 0 Å². The number of nitrogens with one attached hydrogen (secondary N) is 2. The lowest BCUT2D eigenvalue weighted by Crippen LogP contribution is -2.23. The monoisotopic (exact) mass is 402 g/mol. The number of rotatable bonds is 6. The highest BCUT2D eigenvalue weighted by atomic mass is 35.5. The SMILES string of the molecule is CCCC(=O)Nc1ccc(CNC(=O)c2cc(Cl)c3c(c2)OCCCO3)cc1. The molecule has 0 spiro atoms. The van der Waals surface area contributed by atoms with Crippen molar-refractivity contribution < 1.29 is 19.1 Å². The molecule has 0 fully saturated rings. The fraction of sp³-hybridized carbons (Fsp3) is 0.333. The third-order valence-corrected chi connectivity index (χ3v) is 4.51. The van der Waals surface area contributed by atoms with Gasteiger partial charge < -0.3 is 20.1 Å². The average molecular weight is 403 g/mol. The predicted octanol–water partition coefficient (Wildman–Crippen LogP) is 4.17. The summed E-state index contributed by atoms with van der Waals surface area (Å²) in [4.78, 5) is 24.1. The van der Waals surface area contributed by atoms with Gasteiger partial charge in [-0.1, -0.05) is 30.7 Å². The summed E-state index contributed by atoms with van der Waals surface area (Å²) in [6.07, 6.45) is 2.07. The van der Waals surface area contributed by atoms with Crippen molar-refractivity contribution in [3.8, 4) is 11.5 Å². The normalized spacial score (nSPS) is 12.8. The molecule has 0 atom stereocenters. The Morgan fingerprint density at radius 1 is 1.11 bits per heavy atom. The van der Waals surface area contributed by atoms with E-state index in [1.54, 1.807) is 12.1 Å². The molecule has 2 amide bonds. The molecule has 28 heavy (non-hydrogen) atoms. The molecule has 0 bridgehead atoms. The van der Waals surface area contributed by atoms with Crippen LogP contribution in [0.1, 0.15) is 42.1 Å². The summed E-state index contributed by atoms with van der Waals surface area (Å²) in [6.45, 7) is 3.37. The van der Waals surface area contributed by atoms with E-state index >= 15 is 0 Å². The van der Waals surface area contributed by atoms with E-state index in [9.17, 15) is 9.59 Å². The Hall–Kier alpha value is -2.73. The van der Waals surface area contributed by atoms with Gasteiger partial charge in [-0.3, -0.25) is 9.59 Å². The summed E-state index contributed by atoms with van der Waals surface area (Å²) in [5.41, 5.74) is 2.07. The summed E-state index contributed by atoms with van der Waals surface area (Å²) in [6, 6.07) is 10.6. The van der Waals surface area contributed by atoms with Gasteiger partial charge in [-0.25, -0.2) is 0 Å². The molecular formula is C21H23ClN2O4. The van der Waals surface area contributed by atoms with Crippen LogP contribution < -0.4 is 20.1 Å². The van der Waals surface area contributed by atoms with Crippen LogP contribution in [0.5, 0.6) is 11.5 Å². The lowest BCUT2D eigenvalue weighted by Gasteiger charge is -2.12. The van der Waals surface area contributed by atoms with Crippen LogP contribution in [0, 0.1) is 0 Å². The van der Waals surface area contributed by atoms with E-state index in [1.807, 2.05) is 31.2 Å². The van der Waals surface area contributed by atoms with Gasteiger partial charge in [-0.05, 0) is 36.2 Å². The fourth-order valence-corrected chi connectivity index (χ4v) is 3.07. The smallest absolute Gasteiger partial charge is 0.251 e. The third-order valence-electron chi connectivity index (χ3n) is 4.23. The van der Waals surface area contributed by atoms with Crippen LogP contribution in [-0.2, 0) is 11.3 Å². The van der Waals surface area contributed by atoms with Crippen LogP contribution >= 0.6 is 11.6 Å². The van der Waals surface area contributed by atoms with E-state index in [-0.39, 0.29) is 11.8 Å². The zero-order chi connectivity index (χ0) is 19.9. The van der Waals surface area contributed by atoms with Gasteiger partial charge in [0.1, 0.15) is 0 Å². The molecule has 0 aromatic heterocycles. The van der Waals surface area contributed by atoms with Gasteiger partial charge in [0.05, 0.1) is 18.2 Å². The number of carbonyl (C=O) groups is 2. The van der Waals surface area contributed by atoms with E-state index in [2.05, 4.69) is 10.6 Å². The summed E-state index contributed by atoms with van der Waals surface area (Å²) < 4.78 is 11.2. The first-order valence-electron chi connectivity index (χ1n) is 9.33. The van der Waals surface area contributed by atoms with Crippen molar-refractivity contribution >= 4 is 29.1 Å². The highest BCUT2D eigenvalue weighted by Crippen LogP contribution is 2.37. The van der Waals surface area contributed by atoms with E-state index in [4.69, 9.17) is 21.1 Å². The maximum absolute atomic E-state index is 12.5. The minimum absolute atomic E-state index is 0.00478. The third kappa shape index (κ3) is 5.16. The molecule has 6 nitrogen and oxygen atoms in total. The standard InChI is InChI=1S/C21H23ClN2O4/c1-2-4-19(25)24-16-7-5-14(6-8-16)13-23-21(26)15-11-17(22)20-18(12-15)27-9-3-10-28-20/h5-8,11-12H,2-4,9-10,13H2,1H3,(H,23,26)(H,24,25). The van der Waals surface area contributed by atoms with Crippen molar-refractivity contribution in [1.29, 1.82) is 0 Å². The second kappa shape index (κ2) is 9.46. The topological polar surface area (TPSA) is 76.7 Å². The summed E-state index contributed by atoms with van der Waals surface area (Å²) in [5.74, 6) is 0.714. The Kier molecular flexibility index (Phi) is 6.76. The zero-order valence-electron chi connectivity index (χ0n) is 15.7. The van der Waals surface area contributed by atoms with Gasteiger partial charge in [-0.2, -0.15) is 0 Å². The quantitative estimate of drug-likeness (QED) is 0.760. The first kappa shape index (κ1) is 20.0. The Labute approximate surface area is 169 Å². The first-order chi connectivity index (χ1) is 13.6. The number of ether oxygens (including phenoxy) is 2. The molecule has 0 saturated heterocycles. The van der Waals surface area contributed by atoms with Crippen LogP contribution in [0.15, 0.2) is 36.4 Å². The molecule has 1 heterocycles. The first-order valence-corrected chi connectivity index (χ1v) is 9.70. The number of benzene rings is 2. The Morgan fingerprint density at radius 2 is 1.86 bits per heavy atom. The zero-order valence-corrected chi connectivity index (χ0v) is 16.5. The van der Waals surface area contributed by atoms with Gasteiger partial charge in [0.15, 0.2) is 11.5 Å². The van der Waals surface area contributed by atoms with E-state index in [0.717, 1.165) is 24.1 Å². The van der Waals surface area contributed by atoms with Gasteiger partial charge in [0, 0.05) is 30.6 Å². The maximum Gasteiger partial charge on any atom is 0.251 e.